The highest BCUT2D eigenvalue weighted by molar-refractivity contribution is 4.85. The van der Waals surface area contributed by atoms with Crippen LogP contribution < -0.4 is 5.73 Å². The molecule has 1 saturated carbocycles. The van der Waals surface area contributed by atoms with Gasteiger partial charge in [-0.2, -0.15) is 5.26 Å². The molecule has 80 valence electrons. The lowest BCUT2D eigenvalue weighted by Gasteiger charge is -2.26. The van der Waals surface area contributed by atoms with Gasteiger partial charge in [-0.25, -0.2) is 0 Å². The summed E-state index contributed by atoms with van der Waals surface area (Å²) in [4.78, 5) is 0. The van der Waals surface area contributed by atoms with Crippen LogP contribution in [0.1, 0.15) is 39.0 Å². The summed E-state index contributed by atoms with van der Waals surface area (Å²) in [6, 6.07) is 1.64. The van der Waals surface area contributed by atoms with Gasteiger partial charge in [-0.1, -0.05) is 6.92 Å². The lowest BCUT2D eigenvalue weighted by molar-refractivity contribution is 0.0180. The van der Waals surface area contributed by atoms with Crippen LogP contribution in [0.25, 0.3) is 0 Å². The van der Waals surface area contributed by atoms with E-state index in [1.807, 2.05) is 6.07 Å². The monoisotopic (exact) mass is 196 g/mol. The number of hydrogen-bond donors (Lipinski definition) is 1. The van der Waals surface area contributed by atoms with E-state index >= 15 is 0 Å². The zero-order valence-electron chi connectivity index (χ0n) is 8.91. The maximum atomic E-state index is 8.48. The van der Waals surface area contributed by atoms with Crippen molar-refractivity contribution in [2.45, 2.75) is 51.2 Å². The Morgan fingerprint density at radius 2 is 2.07 bits per heavy atom. The second kappa shape index (κ2) is 6.00. The first kappa shape index (κ1) is 11.5. The SMILES string of the molecule is CC1CCC(OCCC(N)C#N)CC1. The van der Waals surface area contributed by atoms with Crippen molar-refractivity contribution in [1.29, 1.82) is 5.26 Å². The Kier molecular flexibility index (Phi) is 4.92. The molecule has 0 bridgehead atoms. The third-order valence-corrected chi connectivity index (χ3v) is 2.91. The second-order valence-corrected chi connectivity index (χ2v) is 4.28. The van der Waals surface area contributed by atoms with E-state index < -0.39 is 0 Å². The maximum Gasteiger partial charge on any atom is 0.0950 e. The van der Waals surface area contributed by atoms with E-state index in [9.17, 15) is 0 Å². The fourth-order valence-corrected chi connectivity index (χ4v) is 1.82. The van der Waals surface area contributed by atoms with Crippen LogP contribution in [0.2, 0.25) is 0 Å². The molecule has 1 rings (SSSR count). The van der Waals surface area contributed by atoms with Crippen molar-refractivity contribution >= 4 is 0 Å². The number of hydrogen-bond acceptors (Lipinski definition) is 3. The molecule has 1 unspecified atom stereocenters. The van der Waals surface area contributed by atoms with Gasteiger partial charge in [0.15, 0.2) is 0 Å². The largest absolute Gasteiger partial charge is 0.378 e. The molecule has 1 atom stereocenters. The molecule has 0 heterocycles. The molecular weight excluding hydrogens is 176 g/mol. The van der Waals surface area contributed by atoms with Crippen molar-refractivity contribution in [3.05, 3.63) is 0 Å². The molecule has 0 spiro atoms. The molecule has 0 aromatic heterocycles. The normalized spacial score (nSPS) is 29.5. The van der Waals surface area contributed by atoms with E-state index in [4.69, 9.17) is 15.7 Å². The van der Waals surface area contributed by atoms with Gasteiger partial charge in [0.1, 0.15) is 0 Å². The molecule has 0 aliphatic heterocycles. The van der Waals surface area contributed by atoms with Gasteiger partial charge in [0.2, 0.25) is 0 Å². The molecule has 1 aliphatic rings. The van der Waals surface area contributed by atoms with Crippen molar-refractivity contribution in [2.24, 2.45) is 11.7 Å². The third-order valence-electron chi connectivity index (χ3n) is 2.91. The van der Waals surface area contributed by atoms with Crippen LogP contribution in [0.5, 0.6) is 0 Å². The number of ether oxygens (including phenoxy) is 1. The third kappa shape index (κ3) is 4.08. The van der Waals surface area contributed by atoms with Gasteiger partial charge in [0.05, 0.1) is 18.2 Å². The fourth-order valence-electron chi connectivity index (χ4n) is 1.82. The summed E-state index contributed by atoms with van der Waals surface area (Å²) < 4.78 is 5.67. The van der Waals surface area contributed by atoms with Gasteiger partial charge in [-0.15, -0.1) is 0 Å². The van der Waals surface area contributed by atoms with Crippen LogP contribution in [0.4, 0.5) is 0 Å². The molecule has 0 aromatic rings. The highest BCUT2D eigenvalue weighted by Gasteiger charge is 2.18. The van der Waals surface area contributed by atoms with Gasteiger partial charge in [-0.05, 0) is 38.0 Å². The summed E-state index contributed by atoms with van der Waals surface area (Å²) in [5.74, 6) is 0.858. The Balaban J connectivity index is 2.05. The molecule has 14 heavy (non-hydrogen) atoms. The minimum Gasteiger partial charge on any atom is -0.378 e. The molecule has 3 nitrogen and oxygen atoms in total. The minimum absolute atomic E-state index is 0.363. The van der Waals surface area contributed by atoms with Crippen LogP contribution in [-0.2, 0) is 4.74 Å². The highest BCUT2D eigenvalue weighted by atomic mass is 16.5. The van der Waals surface area contributed by atoms with Crippen LogP contribution in [-0.4, -0.2) is 18.8 Å². The topological polar surface area (TPSA) is 59.0 Å². The van der Waals surface area contributed by atoms with E-state index in [-0.39, 0.29) is 6.04 Å². The molecule has 0 aromatic carbocycles. The van der Waals surface area contributed by atoms with E-state index in [0.29, 0.717) is 19.1 Å². The van der Waals surface area contributed by atoms with Crippen molar-refractivity contribution in [1.82, 2.24) is 0 Å². The minimum atomic E-state index is -0.363. The Morgan fingerprint density at radius 1 is 1.43 bits per heavy atom. The summed E-state index contributed by atoms with van der Waals surface area (Å²) in [6.45, 7) is 2.93. The lowest BCUT2D eigenvalue weighted by atomic mass is 9.89. The van der Waals surface area contributed by atoms with Gasteiger partial charge in [-0.3, -0.25) is 0 Å². The summed E-state index contributed by atoms with van der Waals surface area (Å²) in [7, 11) is 0. The zero-order valence-corrected chi connectivity index (χ0v) is 8.91. The predicted molar refractivity (Wildman–Crippen MR) is 55.6 cm³/mol. The summed E-state index contributed by atoms with van der Waals surface area (Å²) in [5, 5.41) is 8.48. The highest BCUT2D eigenvalue weighted by Crippen LogP contribution is 2.25. The summed E-state index contributed by atoms with van der Waals surface area (Å²) in [6.07, 6.45) is 5.95. The number of rotatable bonds is 4. The first-order valence-electron chi connectivity index (χ1n) is 5.49. The Morgan fingerprint density at radius 3 is 2.64 bits per heavy atom. The van der Waals surface area contributed by atoms with Crippen LogP contribution in [0.3, 0.4) is 0 Å². The Bertz CT molecular complexity index is 192. The number of nitriles is 1. The fraction of sp³-hybridized carbons (Fsp3) is 0.909. The Hall–Kier alpha value is -0.590. The molecule has 0 radical (unpaired) electrons. The van der Waals surface area contributed by atoms with E-state index in [2.05, 4.69) is 6.92 Å². The van der Waals surface area contributed by atoms with Crippen molar-refractivity contribution in [3.63, 3.8) is 0 Å². The maximum absolute atomic E-state index is 8.48. The zero-order chi connectivity index (χ0) is 10.4. The van der Waals surface area contributed by atoms with Gasteiger partial charge < -0.3 is 10.5 Å². The van der Waals surface area contributed by atoms with Gasteiger partial charge >= 0.3 is 0 Å². The number of nitrogens with zero attached hydrogens (tertiary/aromatic N) is 1. The second-order valence-electron chi connectivity index (χ2n) is 4.28. The quantitative estimate of drug-likeness (QED) is 0.746. The molecule has 0 amide bonds. The van der Waals surface area contributed by atoms with Crippen molar-refractivity contribution in [2.75, 3.05) is 6.61 Å². The predicted octanol–water partition coefficient (Wildman–Crippen LogP) is 1.82. The van der Waals surface area contributed by atoms with E-state index in [0.717, 1.165) is 5.92 Å². The Labute approximate surface area is 86.2 Å². The molecule has 2 N–H and O–H groups in total. The molecule has 1 fully saturated rings. The molecular formula is C11H20N2O. The van der Waals surface area contributed by atoms with Crippen molar-refractivity contribution < 1.29 is 4.74 Å². The smallest absolute Gasteiger partial charge is 0.0950 e. The van der Waals surface area contributed by atoms with E-state index in [1.54, 1.807) is 0 Å². The van der Waals surface area contributed by atoms with Crippen LogP contribution >= 0.6 is 0 Å². The van der Waals surface area contributed by atoms with E-state index in [1.165, 1.54) is 25.7 Å². The molecule has 0 saturated heterocycles. The standard InChI is InChI=1S/C11H20N2O/c1-9-2-4-11(5-3-9)14-7-6-10(13)8-12/h9-11H,2-7,13H2,1H3. The average molecular weight is 196 g/mol. The average Bonchev–Trinajstić information content (AvgIpc) is 2.21. The lowest BCUT2D eigenvalue weighted by Crippen LogP contribution is -2.24. The first-order chi connectivity index (χ1) is 6.72. The van der Waals surface area contributed by atoms with Crippen LogP contribution in [0, 0.1) is 17.2 Å². The summed E-state index contributed by atoms with van der Waals surface area (Å²) >= 11 is 0. The van der Waals surface area contributed by atoms with Crippen molar-refractivity contribution in [3.8, 4) is 6.07 Å². The van der Waals surface area contributed by atoms with Crippen LogP contribution in [0.15, 0.2) is 0 Å². The van der Waals surface area contributed by atoms with Gasteiger partial charge in [0, 0.05) is 6.61 Å². The van der Waals surface area contributed by atoms with Gasteiger partial charge in [0.25, 0.3) is 0 Å². The first-order valence-corrected chi connectivity index (χ1v) is 5.49. The molecule has 3 heteroatoms. The molecule has 1 aliphatic carbocycles. The summed E-state index contributed by atoms with van der Waals surface area (Å²) in [5.41, 5.74) is 5.47. The number of nitrogens with two attached hydrogens (primary N) is 1.